The molecular formula is C19H22F3N3O3. The van der Waals surface area contributed by atoms with Gasteiger partial charge < -0.3 is 20.3 Å². The van der Waals surface area contributed by atoms with Crippen molar-refractivity contribution >= 4 is 0 Å². The largest absolute Gasteiger partial charge is 0.573 e. The lowest BCUT2D eigenvalue weighted by Gasteiger charge is -2.36. The molecule has 3 rings (SSSR count). The van der Waals surface area contributed by atoms with E-state index < -0.39 is 12.4 Å². The zero-order valence-electron chi connectivity index (χ0n) is 15.3. The van der Waals surface area contributed by atoms with E-state index in [9.17, 15) is 23.4 Å². The van der Waals surface area contributed by atoms with Crippen LogP contribution in [0.4, 0.5) is 13.2 Å². The number of nitrogens with one attached hydrogen (secondary N) is 1. The van der Waals surface area contributed by atoms with Gasteiger partial charge in [-0.2, -0.15) is 0 Å². The number of aryl methyl sites for hydroxylation is 1. The third-order valence-electron chi connectivity index (χ3n) is 4.75. The zero-order valence-corrected chi connectivity index (χ0v) is 15.3. The highest BCUT2D eigenvalue weighted by molar-refractivity contribution is 5.48. The molecule has 1 aliphatic heterocycles. The van der Waals surface area contributed by atoms with Crippen molar-refractivity contribution in [3.63, 3.8) is 0 Å². The van der Waals surface area contributed by atoms with Crippen LogP contribution >= 0.6 is 0 Å². The van der Waals surface area contributed by atoms with E-state index in [0.717, 1.165) is 13.1 Å². The Labute approximate surface area is 160 Å². The molecule has 3 N–H and O–H groups in total. The molecule has 0 aliphatic carbocycles. The summed E-state index contributed by atoms with van der Waals surface area (Å²) < 4.78 is 41.3. The van der Waals surface area contributed by atoms with Crippen LogP contribution in [0.15, 0.2) is 30.5 Å². The van der Waals surface area contributed by atoms with E-state index in [4.69, 9.17) is 0 Å². The van der Waals surface area contributed by atoms with Crippen LogP contribution in [0.25, 0.3) is 0 Å². The van der Waals surface area contributed by atoms with Gasteiger partial charge in [0.1, 0.15) is 11.5 Å². The average Bonchev–Trinajstić information content (AvgIpc) is 2.66. The van der Waals surface area contributed by atoms with Gasteiger partial charge in [-0.15, -0.1) is 13.2 Å². The number of aromatic hydroxyl groups is 1. The summed E-state index contributed by atoms with van der Waals surface area (Å²) in [6.07, 6.45) is -3.25. The van der Waals surface area contributed by atoms with Crippen molar-refractivity contribution in [3.05, 3.63) is 52.8 Å². The first-order valence-electron chi connectivity index (χ1n) is 8.89. The number of alkyl halides is 3. The molecule has 1 saturated heterocycles. The molecule has 2 aromatic rings. The Bertz CT molecular complexity index is 807. The molecule has 1 aliphatic rings. The number of ether oxygens (including phenoxy) is 1. The predicted octanol–water partition coefficient (Wildman–Crippen LogP) is 2.48. The van der Waals surface area contributed by atoms with Gasteiger partial charge in [0.2, 0.25) is 0 Å². The summed E-state index contributed by atoms with van der Waals surface area (Å²) in [6, 6.07) is 5.16. The van der Waals surface area contributed by atoms with Crippen molar-refractivity contribution in [2.24, 2.45) is 0 Å². The molecule has 0 amide bonds. The highest BCUT2D eigenvalue weighted by Crippen LogP contribution is 2.38. The molecular weight excluding hydrogens is 375 g/mol. The fourth-order valence-corrected chi connectivity index (χ4v) is 3.44. The fraction of sp³-hybridized carbons (Fsp3) is 0.421. The Morgan fingerprint density at radius 3 is 2.43 bits per heavy atom. The van der Waals surface area contributed by atoms with Crippen molar-refractivity contribution in [2.45, 2.75) is 25.9 Å². The molecule has 2 heterocycles. The molecule has 1 atom stereocenters. The lowest BCUT2D eigenvalue weighted by atomic mass is 9.92. The van der Waals surface area contributed by atoms with E-state index in [1.807, 2.05) is 0 Å². The molecule has 1 aromatic carbocycles. The van der Waals surface area contributed by atoms with E-state index in [1.165, 1.54) is 18.3 Å². The zero-order chi connectivity index (χ0) is 20.3. The number of pyridine rings is 1. The van der Waals surface area contributed by atoms with Gasteiger partial charge in [-0.3, -0.25) is 9.88 Å². The second-order valence-corrected chi connectivity index (χ2v) is 6.59. The maximum atomic E-state index is 12.4. The first-order chi connectivity index (χ1) is 13.3. The summed E-state index contributed by atoms with van der Waals surface area (Å²) in [4.78, 5) is 6.21. The molecule has 0 bridgehead atoms. The molecule has 0 spiro atoms. The van der Waals surface area contributed by atoms with Crippen LogP contribution in [0.2, 0.25) is 0 Å². The molecule has 28 heavy (non-hydrogen) atoms. The molecule has 152 valence electrons. The number of rotatable bonds is 5. The summed E-state index contributed by atoms with van der Waals surface area (Å²) >= 11 is 0. The van der Waals surface area contributed by atoms with Crippen LogP contribution in [0, 0.1) is 6.92 Å². The number of aliphatic hydroxyl groups excluding tert-OH is 1. The SMILES string of the molecule is Cc1ncc(CO)c([C@@H](c2ccc(OC(F)(F)F)cc2)N2CCNCC2)c1O. The monoisotopic (exact) mass is 397 g/mol. The Hall–Kier alpha value is -2.36. The van der Waals surface area contributed by atoms with Crippen molar-refractivity contribution in [2.75, 3.05) is 26.2 Å². The van der Waals surface area contributed by atoms with Crippen molar-refractivity contribution < 1.29 is 28.1 Å². The first-order valence-corrected chi connectivity index (χ1v) is 8.89. The fourth-order valence-electron chi connectivity index (χ4n) is 3.44. The number of halogens is 3. The smallest absolute Gasteiger partial charge is 0.506 e. The third-order valence-corrected chi connectivity index (χ3v) is 4.75. The van der Waals surface area contributed by atoms with Crippen molar-refractivity contribution in [3.8, 4) is 11.5 Å². The Morgan fingerprint density at radius 1 is 1.21 bits per heavy atom. The van der Waals surface area contributed by atoms with Gasteiger partial charge >= 0.3 is 6.36 Å². The second-order valence-electron chi connectivity index (χ2n) is 6.59. The van der Waals surface area contributed by atoms with Crippen LogP contribution in [-0.2, 0) is 6.61 Å². The van der Waals surface area contributed by atoms with Gasteiger partial charge in [0.05, 0.1) is 18.3 Å². The van der Waals surface area contributed by atoms with Gasteiger partial charge in [-0.25, -0.2) is 0 Å². The number of benzene rings is 1. The molecule has 1 fully saturated rings. The molecule has 0 saturated carbocycles. The van der Waals surface area contributed by atoms with Crippen LogP contribution < -0.4 is 10.1 Å². The van der Waals surface area contributed by atoms with E-state index >= 15 is 0 Å². The summed E-state index contributed by atoms with van der Waals surface area (Å²) in [5, 5.41) is 23.7. The minimum Gasteiger partial charge on any atom is -0.506 e. The molecule has 0 unspecified atom stereocenters. The average molecular weight is 397 g/mol. The van der Waals surface area contributed by atoms with Gasteiger partial charge in [0.15, 0.2) is 0 Å². The predicted molar refractivity (Wildman–Crippen MR) is 96.0 cm³/mol. The highest BCUT2D eigenvalue weighted by atomic mass is 19.4. The number of piperazine rings is 1. The van der Waals surface area contributed by atoms with Crippen LogP contribution in [0.1, 0.15) is 28.4 Å². The lowest BCUT2D eigenvalue weighted by Crippen LogP contribution is -2.45. The minimum absolute atomic E-state index is 0.0225. The van der Waals surface area contributed by atoms with E-state index in [1.54, 1.807) is 19.1 Å². The van der Waals surface area contributed by atoms with Gasteiger partial charge in [-0.1, -0.05) is 12.1 Å². The second kappa shape index (κ2) is 8.34. The van der Waals surface area contributed by atoms with E-state index in [0.29, 0.717) is 35.5 Å². The van der Waals surface area contributed by atoms with Gasteiger partial charge in [0.25, 0.3) is 0 Å². The molecule has 6 nitrogen and oxygen atoms in total. The molecule has 0 radical (unpaired) electrons. The summed E-state index contributed by atoms with van der Waals surface area (Å²) in [5.41, 5.74) is 2.10. The number of aromatic nitrogens is 1. The molecule has 9 heteroatoms. The van der Waals surface area contributed by atoms with Crippen LogP contribution in [0.3, 0.4) is 0 Å². The van der Waals surface area contributed by atoms with E-state index in [2.05, 4.69) is 19.9 Å². The first kappa shape index (κ1) is 20.4. The summed E-state index contributed by atoms with van der Waals surface area (Å²) in [5.74, 6) is -0.335. The minimum atomic E-state index is -4.76. The molecule has 1 aromatic heterocycles. The van der Waals surface area contributed by atoms with Crippen molar-refractivity contribution in [1.29, 1.82) is 0 Å². The Morgan fingerprint density at radius 2 is 1.86 bits per heavy atom. The van der Waals surface area contributed by atoms with Crippen molar-refractivity contribution in [1.82, 2.24) is 15.2 Å². The highest BCUT2D eigenvalue weighted by Gasteiger charge is 2.32. The normalized spacial score (nSPS) is 16.8. The number of nitrogens with zero attached hydrogens (tertiary/aromatic N) is 2. The standard InChI is InChI=1S/C19H22F3N3O3/c1-12-18(27)16(14(11-26)10-24-12)17(25-8-6-23-7-9-25)13-2-4-15(5-3-13)28-19(20,21)22/h2-5,10,17,23,26-27H,6-9,11H2,1H3/t17-/m1/s1. The lowest BCUT2D eigenvalue weighted by molar-refractivity contribution is -0.274. The Kier molecular flexibility index (Phi) is 6.07. The Balaban J connectivity index is 2.05. The number of aliphatic hydroxyl groups is 1. The maximum Gasteiger partial charge on any atom is 0.573 e. The topological polar surface area (TPSA) is 77.9 Å². The number of hydrogen-bond acceptors (Lipinski definition) is 6. The third kappa shape index (κ3) is 4.54. The van der Waals surface area contributed by atoms with Crippen LogP contribution in [-0.4, -0.2) is 52.6 Å². The van der Waals surface area contributed by atoms with Crippen LogP contribution in [0.5, 0.6) is 11.5 Å². The van der Waals surface area contributed by atoms with E-state index in [-0.39, 0.29) is 18.1 Å². The summed E-state index contributed by atoms with van der Waals surface area (Å²) in [7, 11) is 0. The van der Waals surface area contributed by atoms with Gasteiger partial charge in [-0.05, 0) is 24.6 Å². The quantitative estimate of drug-likeness (QED) is 0.720. The van der Waals surface area contributed by atoms with Gasteiger partial charge in [0, 0.05) is 43.5 Å². The summed E-state index contributed by atoms with van der Waals surface area (Å²) in [6.45, 7) is 4.19. The maximum absolute atomic E-state index is 12.4. The number of hydrogen-bond donors (Lipinski definition) is 3.